The SMILES string of the molecule is CCC(CC)(CNC(=NC)NCc1ccc(-n2ccnc2)nc1)NC(=O)OC(C)(C)C. The molecule has 0 aromatic carbocycles. The third-order valence-electron chi connectivity index (χ3n) is 4.98. The first-order chi connectivity index (χ1) is 14.7. The Hall–Kier alpha value is -3.10. The van der Waals surface area contributed by atoms with Crippen molar-refractivity contribution in [1.82, 2.24) is 30.5 Å². The molecule has 170 valence electrons. The average molecular weight is 430 g/mol. The van der Waals surface area contributed by atoms with E-state index in [0.717, 1.165) is 24.2 Å². The lowest BCUT2D eigenvalue weighted by Gasteiger charge is -2.34. The first kappa shape index (κ1) is 24.2. The van der Waals surface area contributed by atoms with Crippen molar-refractivity contribution >= 4 is 12.1 Å². The van der Waals surface area contributed by atoms with Crippen molar-refractivity contribution in [1.29, 1.82) is 0 Å². The molecule has 0 spiro atoms. The van der Waals surface area contributed by atoms with E-state index in [4.69, 9.17) is 4.74 Å². The molecule has 2 rings (SSSR count). The monoisotopic (exact) mass is 429 g/mol. The van der Waals surface area contributed by atoms with E-state index in [1.54, 1.807) is 19.6 Å². The normalized spacial score (nSPS) is 12.4. The molecular weight excluding hydrogens is 394 g/mol. The standard InChI is InChI=1S/C22H35N7O2/c1-7-22(8-2,28-20(30)31-21(3,4)5)15-27-19(23-6)26-14-17-9-10-18(25-13-17)29-12-11-24-16-29/h9-13,16H,7-8,14-15H2,1-6H3,(H,28,30)(H2,23,26,27). The molecule has 0 radical (unpaired) electrons. The van der Waals surface area contributed by atoms with E-state index in [1.165, 1.54) is 0 Å². The lowest BCUT2D eigenvalue weighted by molar-refractivity contribution is 0.0448. The smallest absolute Gasteiger partial charge is 0.408 e. The highest BCUT2D eigenvalue weighted by Gasteiger charge is 2.30. The Morgan fingerprint density at radius 1 is 1.19 bits per heavy atom. The first-order valence-electron chi connectivity index (χ1n) is 10.6. The molecule has 0 bridgehead atoms. The van der Waals surface area contributed by atoms with Crippen LogP contribution in [0.4, 0.5) is 4.79 Å². The number of amides is 1. The molecule has 9 heteroatoms. The van der Waals surface area contributed by atoms with Crippen molar-refractivity contribution in [3.8, 4) is 5.82 Å². The van der Waals surface area contributed by atoms with E-state index in [9.17, 15) is 4.79 Å². The fourth-order valence-corrected chi connectivity index (χ4v) is 2.97. The van der Waals surface area contributed by atoms with Crippen molar-refractivity contribution in [2.24, 2.45) is 4.99 Å². The van der Waals surface area contributed by atoms with Gasteiger partial charge in [-0.25, -0.2) is 14.8 Å². The summed E-state index contributed by atoms with van der Waals surface area (Å²) >= 11 is 0. The number of imidazole rings is 1. The summed E-state index contributed by atoms with van der Waals surface area (Å²) in [5.74, 6) is 1.46. The van der Waals surface area contributed by atoms with Gasteiger partial charge in [0.05, 0.1) is 5.54 Å². The lowest BCUT2D eigenvalue weighted by atomic mass is 9.93. The number of hydrogen-bond donors (Lipinski definition) is 3. The van der Waals surface area contributed by atoms with Crippen LogP contribution in [-0.4, -0.2) is 51.3 Å². The van der Waals surface area contributed by atoms with Crippen LogP contribution in [-0.2, 0) is 11.3 Å². The lowest BCUT2D eigenvalue weighted by Crippen LogP contribution is -2.57. The Morgan fingerprint density at radius 3 is 2.45 bits per heavy atom. The summed E-state index contributed by atoms with van der Waals surface area (Å²) in [5, 5.41) is 9.64. The van der Waals surface area contributed by atoms with E-state index in [1.807, 2.05) is 63.7 Å². The van der Waals surface area contributed by atoms with Gasteiger partial charge in [0.15, 0.2) is 5.96 Å². The average Bonchev–Trinajstić information content (AvgIpc) is 3.27. The van der Waals surface area contributed by atoms with Crippen LogP contribution in [0.15, 0.2) is 42.0 Å². The minimum absolute atomic E-state index is 0.412. The molecule has 2 heterocycles. The fraction of sp³-hybridized carbons (Fsp3) is 0.545. The van der Waals surface area contributed by atoms with Crippen LogP contribution in [0, 0.1) is 0 Å². The van der Waals surface area contributed by atoms with E-state index in [2.05, 4.69) is 30.9 Å². The van der Waals surface area contributed by atoms with Crippen molar-refractivity contribution in [2.75, 3.05) is 13.6 Å². The van der Waals surface area contributed by atoms with Crippen molar-refractivity contribution in [3.63, 3.8) is 0 Å². The molecule has 0 aliphatic rings. The third kappa shape index (κ3) is 7.58. The second-order valence-electron chi connectivity index (χ2n) is 8.39. The molecule has 9 nitrogen and oxygen atoms in total. The maximum atomic E-state index is 12.3. The molecule has 2 aromatic rings. The quantitative estimate of drug-likeness (QED) is 0.440. The Morgan fingerprint density at radius 2 is 1.94 bits per heavy atom. The second kappa shape index (κ2) is 10.8. The minimum atomic E-state index is -0.538. The van der Waals surface area contributed by atoms with Gasteiger partial charge in [-0.1, -0.05) is 19.9 Å². The third-order valence-corrected chi connectivity index (χ3v) is 4.98. The highest BCUT2D eigenvalue weighted by molar-refractivity contribution is 5.79. The van der Waals surface area contributed by atoms with Crippen LogP contribution in [0.25, 0.3) is 5.82 Å². The highest BCUT2D eigenvalue weighted by atomic mass is 16.6. The molecule has 3 N–H and O–H groups in total. The summed E-state index contributed by atoms with van der Waals surface area (Å²) in [4.78, 5) is 25.1. The predicted octanol–water partition coefficient (Wildman–Crippen LogP) is 3.02. The summed E-state index contributed by atoms with van der Waals surface area (Å²) in [7, 11) is 1.72. The zero-order valence-electron chi connectivity index (χ0n) is 19.4. The van der Waals surface area contributed by atoms with Crippen molar-refractivity contribution in [2.45, 2.75) is 65.1 Å². The Balaban J connectivity index is 1.91. The minimum Gasteiger partial charge on any atom is -0.444 e. The maximum Gasteiger partial charge on any atom is 0.408 e. The van der Waals surface area contributed by atoms with E-state index in [0.29, 0.717) is 19.0 Å². The predicted molar refractivity (Wildman–Crippen MR) is 122 cm³/mol. The summed E-state index contributed by atoms with van der Waals surface area (Å²) in [6.07, 6.45) is 8.21. The number of guanidine groups is 1. The van der Waals surface area contributed by atoms with Gasteiger partial charge in [0.2, 0.25) is 0 Å². The van der Waals surface area contributed by atoms with Crippen LogP contribution >= 0.6 is 0 Å². The molecule has 0 aliphatic carbocycles. The molecule has 0 fully saturated rings. The molecule has 0 aliphatic heterocycles. The van der Waals surface area contributed by atoms with Crippen molar-refractivity contribution < 1.29 is 9.53 Å². The van der Waals surface area contributed by atoms with Crippen LogP contribution in [0.5, 0.6) is 0 Å². The number of alkyl carbamates (subject to hydrolysis) is 1. The number of pyridine rings is 1. The Bertz CT molecular complexity index is 836. The van der Waals surface area contributed by atoms with E-state index >= 15 is 0 Å². The largest absolute Gasteiger partial charge is 0.444 e. The molecular formula is C22H35N7O2. The van der Waals surface area contributed by atoms with Gasteiger partial charge >= 0.3 is 6.09 Å². The zero-order chi connectivity index (χ0) is 22.9. The molecule has 0 atom stereocenters. The fourth-order valence-electron chi connectivity index (χ4n) is 2.97. The van der Waals surface area contributed by atoms with Crippen molar-refractivity contribution in [3.05, 3.63) is 42.6 Å². The zero-order valence-corrected chi connectivity index (χ0v) is 19.4. The number of carbonyl (C=O) groups excluding carboxylic acids is 1. The summed E-state index contributed by atoms with van der Waals surface area (Å²) in [5.41, 5.74) is 0.0495. The molecule has 0 saturated heterocycles. The van der Waals surface area contributed by atoms with Gasteiger partial charge in [0.1, 0.15) is 17.7 Å². The van der Waals surface area contributed by atoms with Gasteiger partial charge in [0.25, 0.3) is 0 Å². The number of rotatable bonds is 8. The maximum absolute atomic E-state index is 12.3. The number of nitrogens with one attached hydrogen (secondary N) is 3. The number of carbonyl (C=O) groups is 1. The van der Waals surface area contributed by atoms with E-state index in [-0.39, 0.29) is 0 Å². The summed E-state index contributed by atoms with van der Waals surface area (Å²) in [6, 6.07) is 3.95. The molecule has 0 saturated carbocycles. The van der Waals surface area contributed by atoms with Gasteiger partial charge < -0.3 is 20.7 Å². The van der Waals surface area contributed by atoms with Gasteiger partial charge in [-0.2, -0.15) is 0 Å². The second-order valence-corrected chi connectivity index (χ2v) is 8.39. The number of nitrogens with zero attached hydrogens (tertiary/aromatic N) is 4. The summed E-state index contributed by atoms with van der Waals surface area (Å²) in [6.45, 7) is 10.8. The first-order valence-corrected chi connectivity index (χ1v) is 10.6. The van der Waals surface area contributed by atoms with Gasteiger partial charge in [0, 0.05) is 38.7 Å². The van der Waals surface area contributed by atoms with Crippen LogP contribution in [0.3, 0.4) is 0 Å². The van der Waals surface area contributed by atoms with Gasteiger partial charge in [-0.3, -0.25) is 9.56 Å². The van der Waals surface area contributed by atoms with Gasteiger partial charge in [-0.05, 0) is 45.2 Å². The number of ether oxygens (including phenoxy) is 1. The van der Waals surface area contributed by atoms with Crippen LogP contribution in [0.1, 0.15) is 53.0 Å². The highest BCUT2D eigenvalue weighted by Crippen LogP contribution is 2.16. The number of aromatic nitrogens is 3. The molecule has 2 aromatic heterocycles. The van der Waals surface area contributed by atoms with Gasteiger partial charge in [-0.15, -0.1) is 0 Å². The number of aliphatic imine (C=N–C) groups is 1. The summed E-state index contributed by atoms with van der Waals surface area (Å²) < 4.78 is 7.29. The van der Waals surface area contributed by atoms with Crippen LogP contribution < -0.4 is 16.0 Å². The van der Waals surface area contributed by atoms with E-state index < -0.39 is 17.2 Å². The molecule has 31 heavy (non-hydrogen) atoms. The topological polar surface area (TPSA) is 105 Å². The molecule has 1 amide bonds. The Kier molecular flexibility index (Phi) is 8.41. The Labute approximate surface area is 184 Å². The van der Waals surface area contributed by atoms with Crippen LogP contribution in [0.2, 0.25) is 0 Å². The number of hydrogen-bond acceptors (Lipinski definition) is 5. The molecule has 0 unspecified atom stereocenters.